The Kier molecular flexibility index (Phi) is 5.57. The number of fused-ring (bicyclic) bond motifs is 3. The summed E-state index contributed by atoms with van der Waals surface area (Å²) in [4.78, 5) is 16.0. The summed E-state index contributed by atoms with van der Waals surface area (Å²) in [6, 6.07) is 8.62. The van der Waals surface area contributed by atoms with Crippen molar-refractivity contribution in [3.8, 4) is 11.4 Å². The normalized spacial score (nSPS) is 14.1. The molecule has 0 aliphatic carbocycles. The Morgan fingerprint density at radius 3 is 2.29 bits per heavy atom. The lowest BCUT2D eigenvalue weighted by Crippen LogP contribution is -2.48. The van der Waals surface area contributed by atoms with E-state index in [9.17, 15) is 18.3 Å². The zero-order valence-electron chi connectivity index (χ0n) is 19.8. The fraction of sp³-hybridized carbons (Fsp3) is 0.375. The number of furan rings is 1. The second-order valence-electron chi connectivity index (χ2n) is 10.4. The molecular formula is C24H27N3O6S. The van der Waals surface area contributed by atoms with Crippen LogP contribution in [0.25, 0.3) is 33.3 Å². The van der Waals surface area contributed by atoms with E-state index < -0.39 is 27.4 Å². The van der Waals surface area contributed by atoms with Crippen LogP contribution in [-0.2, 0) is 20.2 Å². The van der Waals surface area contributed by atoms with Gasteiger partial charge in [0, 0.05) is 27.8 Å². The van der Waals surface area contributed by atoms with Gasteiger partial charge < -0.3 is 14.0 Å². The summed E-state index contributed by atoms with van der Waals surface area (Å²) >= 11 is 0. The highest BCUT2D eigenvalue weighted by molar-refractivity contribution is 7.89. The fourth-order valence-electron chi connectivity index (χ4n) is 3.53. The lowest BCUT2D eigenvalue weighted by molar-refractivity contribution is -0.141. The van der Waals surface area contributed by atoms with Crippen molar-refractivity contribution in [2.75, 3.05) is 0 Å². The minimum absolute atomic E-state index is 0.0808. The molecule has 4 aromatic rings. The predicted octanol–water partition coefficient (Wildman–Crippen LogP) is 4.71. The van der Waals surface area contributed by atoms with Crippen LogP contribution in [0.15, 0.2) is 50.2 Å². The molecule has 4 rings (SSSR count). The van der Waals surface area contributed by atoms with E-state index in [1.54, 1.807) is 32.9 Å². The first kappa shape index (κ1) is 23.9. The quantitative estimate of drug-likeness (QED) is 0.415. The molecule has 34 heavy (non-hydrogen) atoms. The van der Waals surface area contributed by atoms with Crippen molar-refractivity contribution in [3.63, 3.8) is 0 Å². The van der Waals surface area contributed by atoms with Crippen LogP contribution in [0.2, 0.25) is 0 Å². The van der Waals surface area contributed by atoms with Crippen LogP contribution in [0.3, 0.4) is 0 Å². The SMILES string of the molecule is CC(C)(C)c1nc(-c2ccc3oc4cc(S(=O)(=O)N[C@@H](C(=O)O)C(C)(C)C)ccc4c3c2)no1. The standard InChI is InChI=1S/C24H27N3O6S/c1-23(2,3)19(21(28)29)27-34(30,31)14-8-9-15-16-11-13(7-10-17(16)32-18(15)12-14)20-25-22(33-26-20)24(4,5)6/h7-12,19,27H,1-6H3,(H,28,29)/t19-/m0/s1. The minimum Gasteiger partial charge on any atom is -0.480 e. The molecule has 0 aliphatic heterocycles. The van der Waals surface area contributed by atoms with Gasteiger partial charge in [-0.15, -0.1) is 0 Å². The van der Waals surface area contributed by atoms with E-state index in [0.29, 0.717) is 28.3 Å². The summed E-state index contributed by atoms with van der Waals surface area (Å²) in [7, 11) is -4.10. The Hall–Kier alpha value is -3.24. The van der Waals surface area contributed by atoms with Gasteiger partial charge >= 0.3 is 5.97 Å². The van der Waals surface area contributed by atoms with Gasteiger partial charge in [0.25, 0.3) is 0 Å². The third kappa shape index (κ3) is 4.43. The number of hydrogen-bond acceptors (Lipinski definition) is 7. The molecule has 2 heterocycles. The molecule has 2 N–H and O–H groups in total. The summed E-state index contributed by atoms with van der Waals surface area (Å²) in [5.41, 5.74) is 0.573. The molecule has 9 nitrogen and oxygen atoms in total. The number of nitrogens with one attached hydrogen (secondary N) is 1. The summed E-state index contributed by atoms with van der Waals surface area (Å²) in [5.74, 6) is -0.270. The van der Waals surface area contributed by atoms with Crippen molar-refractivity contribution in [3.05, 3.63) is 42.3 Å². The Balaban J connectivity index is 1.73. The van der Waals surface area contributed by atoms with Gasteiger partial charge in [-0.25, -0.2) is 8.42 Å². The molecule has 0 unspecified atom stereocenters. The van der Waals surface area contributed by atoms with Gasteiger partial charge in [0.2, 0.25) is 21.7 Å². The van der Waals surface area contributed by atoms with Crippen LogP contribution in [0.4, 0.5) is 0 Å². The molecule has 0 spiro atoms. The first-order valence-electron chi connectivity index (χ1n) is 10.7. The molecule has 0 amide bonds. The number of benzene rings is 2. The molecule has 180 valence electrons. The average Bonchev–Trinajstić information content (AvgIpc) is 3.35. The van der Waals surface area contributed by atoms with Gasteiger partial charge in [0.15, 0.2) is 0 Å². The molecule has 0 fully saturated rings. The number of nitrogens with zero attached hydrogens (tertiary/aromatic N) is 2. The van der Waals surface area contributed by atoms with E-state index in [1.807, 2.05) is 32.9 Å². The highest BCUT2D eigenvalue weighted by Gasteiger charge is 2.35. The van der Waals surface area contributed by atoms with Crippen LogP contribution in [0, 0.1) is 5.41 Å². The first-order chi connectivity index (χ1) is 15.7. The van der Waals surface area contributed by atoms with Gasteiger partial charge in [-0.1, -0.05) is 46.7 Å². The zero-order valence-corrected chi connectivity index (χ0v) is 20.6. The molecule has 0 radical (unpaired) electrons. The van der Waals surface area contributed by atoms with Gasteiger partial charge in [-0.2, -0.15) is 9.71 Å². The molecular weight excluding hydrogens is 458 g/mol. The van der Waals surface area contributed by atoms with Gasteiger partial charge in [0.1, 0.15) is 17.2 Å². The van der Waals surface area contributed by atoms with E-state index >= 15 is 0 Å². The maximum absolute atomic E-state index is 12.9. The highest BCUT2D eigenvalue weighted by Crippen LogP contribution is 2.34. The third-order valence-corrected chi connectivity index (χ3v) is 6.89. The first-order valence-corrected chi connectivity index (χ1v) is 12.2. The fourth-order valence-corrected chi connectivity index (χ4v) is 4.94. The zero-order chi connectivity index (χ0) is 25.1. The second kappa shape index (κ2) is 7.92. The number of hydrogen-bond donors (Lipinski definition) is 2. The topological polar surface area (TPSA) is 136 Å². The maximum atomic E-state index is 12.9. The van der Waals surface area contributed by atoms with E-state index in [1.165, 1.54) is 12.1 Å². The van der Waals surface area contributed by atoms with Crippen LogP contribution in [0.1, 0.15) is 47.4 Å². The third-order valence-electron chi connectivity index (χ3n) is 5.46. The van der Waals surface area contributed by atoms with Crippen molar-refractivity contribution < 1.29 is 27.3 Å². The number of carbonyl (C=O) groups is 1. The van der Waals surface area contributed by atoms with Crippen LogP contribution < -0.4 is 4.72 Å². The van der Waals surface area contributed by atoms with E-state index in [2.05, 4.69) is 14.9 Å². The molecule has 2 aromatic carbocycles. The smallest absolute Gasteiger partial charge is 0.322 e. The Morgan fingerprint density at radius 2 is 1.71 bits per heavy atom. The van der Waals surface area contributed by atoms with E-state index in [4.69, 9.17) is 8.94 Å². The maximum Gasteiger partial charge on any atom is 0.322 e. The van der Waals surface area contributed by atoms with Crippen LogP contribution in [-0.4, -0.2) is 35.7 Å². The Bertz CT molecular complexity index is 1500. The van der Waals surface area contributed by atoms with Gasteiger partial charge in [-0.05, 0) is 35.7 Å². The molecule has 0 aliphatic rings. The van der Waals surface area contributed by atoms with E-state index in [-0.39, 0.29) is 10.3 Å². The molecule has 2 aromatic heterocycles. The monoisotopic (exact) mass is 485 g/mol. The Labute approximate surface area is 197 Å². The van der Waals surface area contributed by atoms with Crippen molar-refractivity contribution in [2.24, 2.45) is 5.41 Å². The number of carboxylic acids is 1. The molecule has 0 bridgehead atoms. The lowest BCUT2D eigenvalue weighted by Gasteiger charge is -2.27. The van der Waals surface area contributed by atoms with Crippen molar-refractivity contribution >= 4 is 37.9 Å². The number of sulfonamides is 1. The second-order valence-corrected chi connectivity index (χ2v) is 12.1. The van der Waals surface area contributed by atoms with Gasteiger partial charge in [-0.3, -0.25) is 4.79 Å². The summed E-state index contributed by atoms with van der Waals surface area (Å²) in [5, 5.41) is 15.0. The number of aliphatic carboxylic acids is 1. The molecule has 1 atom stereocenters. The van der Waals surface area contributed by atoms with Crippen molar-refractivity contribution in [1.29, 1.82) is 0 Å². The average molecular weight is 486 g/mol. The largest absolute Gasteiger partial charge is 0.480 e. The predicted molar refractivity (Wildman–Crippen MR) is 127 cm³/mol. The van der Waals surface area contributed by atoms with Crippen molar-refractivity contribution in [1.82, 2.24) is 14.9 Å². The molecule has 0 saturated heterocycles. The molecule has 0 saturated carbocycles. The van der Waals surface area contributed by atoms with E-state index in [0.717, 1.165) is 10.9 Å². The Morgan fingerprint density at radius 1 is 1.00 bits per heavy atom. The minimum atomic E-state index is -4.10. The number of aromatic nitrogens is 2. The lowest BCUT2D eigenvalue weighted by atomic mass is 9.88. The number of rotatable bonds is 5. The summed E-state index contributed by atoms with van der Waals surface area (Å²) in [6.45, 7) is 10.9. The molecule has 10 heteroatoms. The highest BCUT2D eigenvalue weighted by atomic mass is 32.2. The summed E-state index contributed by atoms with van der Waals surface area (Å²) in [6.07, 6.45) is 0. The van der Waals surface area contributed by atoms with Crippen molar-refractivity contribution in [2.45, 2.75) is 57.9 Å². The van der Waals surface area contributed by atoms with Gasteiger partial charge in [0.05, 0.1) is 4.90 Å². The summed E-state index contributed by atoms with van der Waals surface area (Å²) < 4.78 is 39.4. The van der Waals surface area contributed by atoms with Crippen LogP contribution >= 0.6 is 0 Å². The number of carboxylic acid groups (broad SMARTS) is 1. The van der Waals surface area contributed by atoms with Crippen LogP contribution in [0.5, 0.6) is 0 Å².